The number of piperidine rings is 1. The van der Waals surface area contributed by atoms with Crippen LogP contribution >= 0.6 is 0 Å². The molecule has 1 aromatic carbocycles. The number of pyridine rings is 1. The molecule has 2 saturated heterocycles. The Morgan fingerprint density at radius 2 is 1.85 bits per heavy atom. The standard InChI is InChI=1S/C29H39F3N4O3/c1-20-21(2)26(39-17-16-38-15-14-34(3)4)10-9-24(20)25-7-5-6-23-19-35(12-13-36(23)25)28(37)22-8-11-27(33-18-22)29(30,31)32/h8-11,18,23,25H,5-7,12-17,19H2,1-4H3/t23?,25-/m1/s1. The van der Waals surface area contributed by atoms with Crippen LogP contribution in [0.25, 0.3) is 0 Å². The first-order valence-electron chi connectivity index (χ1n) is 13.6. The van der Waals surface area contributed by atoms with Crippen molar-refractivity contribution in [2.24, 2.45) is 0 Å². The van der Waals surface area contributed by atoms with Gasteiger partial charge in [0, 0.05) is 44.5 Å². The van der Waals surface area contributed by atoms with Crippen LogP contribution in [0.4, 0.5) is 13.2 Å². The van der Waals surface area contributed by atoms with Crippen molar-refractivity contribution in [3.05, 3.63) is 58.4 Å². The van der Waals surface area contributed by atoms with Crippen LogP contribution in [0.3, 0.4) is 0 Å². The molecule has 1 unspecified atom stereocenters. The summed E-state index contributed by atoms with van der Waals surface area (Å²) in [6.07, 6.45) is -0.402. The van der Waals surface area contributed by atoms with Gasteiger partial charge in [-0.05, 0) is 82.1 Å². The van der Waals surface area contributed by atoms with Gasteiger partial charge in [0.25, 0.3) is 5.91 Å². The molecule has 0 aliphatic carbocycles. The summed E-state index contributed by atoms with van der Waals surface area (Å²) in [5.41, 5.74) is 2.84. The molecule has 214 valence electrons. The molecule has 0 N–H and O–H groups in total. The average molecular weight is 549 g/mol. The Labute approximate surface area is 228 Å². The zero-order chi connectivity index (χ0) is 28.2. The number of hydrogen-bond acceptors (Lipinski definition) is 6. The minimum Gasteiger partial charge on any atom is -0.491 e. The molecule has 0 spiro atoms. The first-order valence-corrected chi connectivity index (χ1v) is 13.6. The lowest BCUT2D eigenvalue weighted by molar-refractivity contribution is -0.141. The minimum atomic E-state index is -4.52. The van der Waals surface area contributed by atoms with Crippen molar-refractivity contribution in [3.63, 3.8) is 0 Å². The topological polar surface area (TPSA) is 58.1 Å². The van der Waals surface area contributed by atoms with Gasteiger partial charge in [-0.25, -0.2) is 0 Å². The van der Waals surface area contributed by atoms with Gasteiger partial charge in [-0.1, -0.05) is 6.07 Å². The van der Waals surface area contributed by atoms with Crippen molar-refractivity contribution in [1.29, 1.82) is 0 Å². The number of halogens is 3. The normalized spacial score (nSPS) is 20.3. The largest absolute Gasteiger partial charge is 0.491 e. The van der Waals surface area contributed by atoms with Crippen LogP contribution in [0.1, 0.15) is 58.0 Å². The minimum absolute atomic E-state index is 0.189. The van der Waals surface area contributed by atoms with Gasteiger partial charge in [0.15, 0.2) is 0 Å². The summed E-state index contributed by atoms with van der Waals surface area (Å²) in [6, 6.07) is 6.78. The Bertz CT molecular complexity index is 1120. The molecule has 2 aromatic rings. The van der Waals surface area contributed by atoms with Gasteiger partial charge < -0.3 is 19.3 Å². The highest BCUT2D eigenvalue weighted by atomic mass is 19.4. The molecule has 10 heteroatoms. The Morgan fingerprint density at radius 1 is 1.05 bits per heavy atom. The van der Waals surface area contributed by atoms with Gasteiger partial charge in [-0.15, -0.1) is 0 Å². The number of rotatable bonds is 9. The maximum Gasteiger partial charge on any atom is 0.433 e. The number of likely N-dealkylation sites (N-methyl/N-ethyl adjacent to an activating group) is 1. The first kappa shape index (κ1) is 29.3. The summed E-state index contributed by atoms with van der Waals surface area (Å²) >= 11 is 0. The maximum atomic E-state index is 13.1. The zero-order valence-electron chi connectivity index (χ0n) is 23.3. The molecule has 0 saturated carbocycles. The Morgan fingerprint density at radius 3 is 2.54 bits per heavy atom. The fraction of sp³-hybridized carbons (Fsp3) is 0.586. The highest BCUT2D eigenvalue weighted by Gasteiger charge is 2.38. The molecular formula is C29H39F3N4O3. The lowest BCUT2D eigenvalue weighted by atomic mass is 9.86. The van der Waals surface area contributed by atoms with Crippen LogP contribution in [0.2, 0.25) is 0 Å². The number of benzene rings is 1. The van der Waals surface area contributed by atoms with Crippen molar-refractivity contribution < 1.29 is 27.4 Å². The third-order valence-electron chi connectivity index (χ3n) is 7.84. The summed E-state index contributed by atoms with van der Waals surface area (Å²) in [4.78, 5) is 22.9. The van der Waals surface area contributed by atoms with E-state index >= 15 is 0 Å². The van der Waals surface area contributed by atoms with Crippen molar-refractivity contribution in [2.75, 3.05) is 60.1 Å². The van der Waals surface area contributed by atoms with Gasteiger partial charge in [0.2, 0.25) is 0 Å². The van der Waals surface area contributed by atoms with Gasteiger partial charge in [-0.3, -0.25) is 14.7 Å². The number of fused-ring (bicyclic) bond motifs is 1. The van der Waals surface area contributed by atoms with Crippen molar-refractivity contribution >= 4 is 5.91 Å². The number of carbonyl (C=O) groups excluding carboxylic acids is 1. The first-order chi connectivity index (χ1) is 18.6. The van der Waals surface area contributed by atoms with E-state index in [0.29, 0.717) is 32.9 Å². The predicted molar refractivity (Wildman–Crippen MR) is 143 cm³/mol. The predicted octanol–water partition coefficient (Wildman–Crippen LogP) is 4.73. The molecule has 4 rings (SSSR count). The quantitative estimate of drug-likeness (QED) is 0.423. The number of aromatic nitrogens is 1. The summed E-state index contributed by atoms with van der Waals surface area (Å²) in [5.74, 6) is 0.609. The number of hydrogen-bond donors (Lipinski definition) is 0. The molecule has 0 radical (unpaired) electrons. The SMILES string of the molecule is Cc1c(OCCOCCN(C)C)ccc([C@H]2CCCC3CN(C(=O)c4ccc(C(F)(F)F)nc4)CCN32)c1C. The molecular weight excluding hydrogens is 509 g/mol. The number of piperazine rings is 1. The molecule has 7 nitrogen and oxygen atoms in total. The number of carbonyl (C=O) groups is 1. The number of alkyl halides is 3. The molecule has 1 amide bonds. The summed E-state index contributed by atoms with van der Waals surface area (Å²) in [7, 11) is 4.03. The third-order valence-corrected chi connectivity index (χ3v) is 7.84. The van der Waals surface area contributed by atoms with Crippen molar-refractivity contribution in [3.8, 4) is 5.75 Å². The molecule has 0 bridgehead atoms. The fourth-order valence-electron chi connectivity index (χ4n) is 5.53. The molecule has 3 heterocycles. The average Bonchev–Trinajstić information content (AvgIpc) is 2.91. The Balaban J connectivity index is 1.37. The number of ether oxygens (including phenoxy) is 2. The van der Waals surface area contributed by atoms with Crippen LogP contribution in [0.5, 0.6) is 5.75 Å². The second kappa shape index (κ2) is 12.7. The Hall–Kier alpha value is -2.69. The van der Waals surface area contributed by atoms with Gasteiger partial charge in [-0.2, -0.15) is 13.2 Å². The van der Waals surface area contributed by atoms with E-state index in [4.69, 9.17) is 9.47 Å². The highest BCUT2D eigenvalue weighted by molar-refractivity contribution is 5.94. The molecule has 2 aliphatic rings. The number of amides is 1. The van der Waals surface area contributed by atoms with Crippen LogP contribution in [-0.2, 0) is 10.9 Å². The summed E-state index contributed by atoms with van der Waals surface area (Å²) in [6.45, 7) is 8.65. The lowest BCUT2D eigenvalue weighted by Gasteiger charge is -2.48. The van der Waals surface area contributed by atoms with Crippen molar-refractivity contribution in [1.82, 2.24) is 19.7 Å². The fourth-order valence-corrected chi connectivity index (χ4v) is 5.53. The van der Waals surface area contributed by atoms with E-state index in [1.165, 1.54) is 17.2 Å². The third kappa shape index (κ3) is 7.10. The maximum absolute atomic E-state index is 13.1. The smallest absolute Gasteiger partial charge is 0.433 e. The van der Waals surface area contributed by atoms with Crippen LogP contribution < -0.4 is 4.74 Å². The molecule has 39 heavy (non-hydrogen) atoms. The van der Waals surface area contributed by atoms with Crippen LogP contribution in [0, 0.1) is 13.8 Å². The van der Waals surface area contributed by atoms with E-state index in [-0.39, 0.29) is 23.6 Å². The second-order valence-electron chi connectivity index (χ2n) is 10.7. The van der Waals surface area contributed by atoms with E-state index in [1.54, 1.807) is 4.90 Å². The van der Waals surface area contributed by atoms with Gasteiger partial charge >= 0.3 is 6.18 Å². The summed E-state index contributed by atoms with van der Waals surface area (Å²) < 4.78 is 50.2. The van der Waals surface area contributed by atoms with Gasteiger partial charge in [0.05, 0.1) is 18.8 Å². The van der Waals surface area contributed by atoms with E-state index in [1.807, 2.05) is 14.1 Å². The molecule has 1 aromatic heterocycles. The Kier molecular flexibility index (Phi) is 9.51. The zero-order valence-corrected chi connectivity index (χ0v) is 23.3. The van der Waals surface area contributed by atoms with Crippen molar-refractivity contribution in [2.45, 2.75) is 51.4 Å². The number of nitrogens with zero attached hydrogens (tertiary/aromatic N) is 4. The highest BCUT2D eigenvalue weighted by Crippen LogP contribution is 2.39. The van der Waals surface area contributed by atoms with Crippen LogP contribution in [0.15, 0.2) is 30.5 Å². The van der Waals surface area contributed by atoms with Crippen LogP contribution in [-0.4, -0.2) is 91.7 Å². The molecule has 2 aliphatic heterocycles. The molecule has 2 fully saturated rings. The van der Waals surface area contributed by atoms with Gasteiger partial charge in [0.1, 0.15) is 18.1 Å². The monoisotopic (exact) mass is 548 g/mol. The van der Waals surface area contributed by atoms with E-state index in [9.17, 15) is 18.0 Å². The van der Waals surface area contributed by atoms with E-state index in [0.717, 1.165) is 55.9 Å². The van der Waals surface area contributed by atoms with E-state index in [2.05, 4.69) is 40.8 Å². The second-order valence-corrected chi connectivity index (χ2v) is 10.7. The van der Waals surface area contributed by atoms with E-state index < -0.39 is 11.9 Å². The molecule has 2 atom stereocenters. The summed E-state index contributed by atoms with van der Waals surface area (Å²) in [5, 5.41) is 0. The lowest BCUT2D eigenvalue weighted by Crippen LogP contribution is -2.57.